The second-order valence-electron chi connectivity index (χ2n) is 5.95. The molecule has 0 spiro atoms. The van der Waals surface area contributed by atoms with Crippen molar-refractivity contribution < 1.29 is 14.0 Å². The average molecular weight is 327 g/mol. The van der Waals surface area contributed by atoms with E-state index in [1.165, 1.54) is 0 Å². The SMILES string of the molecule is CC(NC(=O)CNc1ccccc1C(=O)NC1CC1)c1ccco1. The van der Waals surface area contributed by atoms with E-state index in [0.29, 0.717) is 23.1 Å². The number of anilines is 1. The van der Waals surface area contributed by atoms with Crippen LogP contribution >= 0.6 is 0 Å². The molecule has 1 saturated carbocycles. The Morgan fingerprint density at radius 3 is 2.71 bits per heavy atom. The summed E-state index contributed by atoms with van der Waals surface area (Å²) in [6.07, 6.45) is 3.65. The Hall–Kier alpha value is -2.76. The molecule has 1 aromatic heterocycles. The van der Waals surface area contributed by atoms with Crippen molar-refractivity contribution in [3.05, 3.63) is 54.0 Å². The van der Waals surface area contributed by atoms with Crippen LogP contribution < -0.4 is 16.0 Å². The number of carbonyl (C=O) groups is 2. The maximum atomic E-state index is 12.2. The van der Waals surface area contributed by atoms with E-state index in [1.807, 2.05) is 25.1 Å². The summed E-state index contributed by atoms with van der Waals surface area (Å²) >= 11 is 0. The van der Waals surface area contributed by atoms with Crippen LogP contribution in [0.3, 0.4) is 0 Å². The highest BCUT2D eigenvalue weighted by Crippen LogP contribution is 2.21. The Bertz CT molecular complexity index is 708. The van der Waals surface area contributed by atoms with Gasteiger partial charge in [-0.1, -0.05) is 12.1 Å². The van der Waals surface area contributed by atoms with E-state index >= 15 is 0 Å². The van der Waals surface area contributed by atoms with Crippen molar-refractivity contribution in [1.82, 2.24) is 10.6 Å². The molecule has 0 saturated heterocycles. The van der Waals surface area contributed by atoms with Gasteiger partial charge in [-0.05, 0) is 44.0 Å². The maximum absolute atomic E-state index is 12.2. The monoisotopic (exact) mass is 327 g/mol. The van der Waals surface area contributed by atoms with Gasteiger partial charge in [0.05, 0.1) is 24.4 Å². The van der Waals surface area contributed by atoms with E-state index in [2.05, 4.69) is 16.0 Å². The molecule has 0 aliphatic heterocycles. The first-order valence-electron chi connectivity index (χ1n) is 8.10. The third kappa shape index (κ3) is 4.16. The lowest BCUT2D eigenvalue weighted by atomic mass is 10.1. The molecule has 1 unspecified atom stereocenters. The first-order valence-corrected chi connectivity index (χ1v) is 8.10. The lowest BCUT2D eigenvalue weighted by molar-refractivity contribution is -0.120. The number of carbonyl (C=O) groups excluding carboxylic acids is 2. The minimum absolute atomic E-state index is 0.0821. The number of amides is 2. The lowest BCUT2D eigenvalue weighted by Crippen LogP contribution is -2.32. The molecule has 1 aliphatic carbocycles. The third-order valence-electron chi connectivity index (χ3n) is 3.87. The number of para-hydroxylation sites is 1. The fourth-order valence-electron chi connectivity index (χ4n) is 2.40. The lowest BCUT2D eigenvalue weighted by Gasteiger charge is -2.14. The molecule has 126 valence electrons. The summed E-state index contributed by atoms with van der Waals surface area (Å²) in [5, 5.41) is 8.84. The first-order chi connectivity index (χ1) is 11.6. The molecule has 2 aromatic rings. The van der Waals surface area contributed by atoms with Crippen LogP contribution in [0, 0.1) is 0 Å². The molecule has 1 aromatic carbocycles. The molecule has 6 heteroatoms. The molecule has 1 fully saturated rings. The Kier molecular flexibility index (Phi) is 4.84. The highest BCUT2D eigenvalue weighted by Gasteiger charge is 2.24. The predicted octanol–water partition coefficient (Wildman–Crippen LogP) is 2.46. The summed E-state index contributed by atoms with van der Waals surface area (Å²) in [6.45, 7) is 1.94. The van der Waals surface area contributed by atoms with E-state index in [9.17, 15) is 9.59 Å². The molecule has 1 aliphatic rings. The van der Waals surface area contributed by atoms with Crippen molar-refractivity contribution in [2.75, 3.05) is 11.9 Å². The van der Waals surface area contributed by atoms with Gasteiger partial charge in [-0.3, -0.25) is 9.59 Å². The number of hydrogen-bond acceptors (Lipinski definition) is 4. The molecule has 3 N–H and O–H groups in total. The van der Waals surface area contributed by atoms with Gasteiger partial charge >= 0.3 is 0 Å². The van der Waals surface area contributed by atoms with Gasteiger partial charge in [0.1, 0.15) is 5.76 Å². The van der Waals surface area contributed by atoms with Gasteiger partial charge in [0.2, 0.25) is 5.91 Å². The Morgan fingerprint density at radius 1 is 1.21 bits per heavy atom. The molecule has 1 heterocycles. The van der Waals surface area contributed by atoms with E-state index in [0.717, 1.165) is 12.8 Å². The fraction of sp³-hybridized carbons (Fsp3) is 0.333. The molecule has 0 radical (unpaired) electrons. The number of hydrogen-bond donors (Lipinski definition) is 3. The van der Waals surface area contributed by atoms with Crippen LogP contribution in [-0.4, -0.2) is 24.4 Å². The zero-order valence-corrected chi connectivity index (χ0v) is 13.5. The smallest absolute Gasteiger partial charge is 0.253 e. The summed E-state index contributed by atoms with van der Waals surface area (Å²) in [5.74, 6) is 0.425. The van der Waals surface area contributed by atoms with Crippen molar-refractivity contribution in [2.24, 2.45) is 0 Å². The standard InChI is InChI=1S/C18H21N3O3/c1-12(16-7-4-10-24-16)20-17(22)11-19-15-6-3-2-5-14(15)18(23)21-13-8-9-13/h2-7,10,12-13,19H,8-9,11H2,1H3,(H,20,22)(H,21,23). The molecule has 1 atom stereocenters. The van der Waals surface area contributed by atoms with Gasteiger partial charge in [0, 0.05) is 11.7 Å². The second-order valence-corrected chi connectivity index (χ2v) is 5.95. The van der Waals surface area contributed by atoms with Crippen LogP contribution in [0.1, 0.15) is 41.9 Å². The van der Waals surface area contributed by atoms with E-state index in [1.54, 1.807) is 24.5 Å². The summed E-state index contributed by atoms with van der Waals surface area (Å²) in [5.41, 5.74) is 1.20. The minimum Gasteiger partial charge on any atom is -0.467 e. The number of nitrogens with one attached hydrogen (secondary N) is 3. The molecule has 6 nitrogen and oxygen atoms in total. The number of rotatable bonds is 7. The largest absolute Gasteiger partial charge is 0.467 e. The molecule has 24 heavy (non-hydrogen) atoms. The minimum atomic E-state index is -0.206. The van der Waals surface area contributed by atoms with E-state index < -0.39 is 0 Å². The average Bonchev–Trinajstić information content (AvgIpc) is 3.22. The van der Waals surface area contributed by atoms with Gasteiger partial charge in [0.15, 0.2) is 0 Å². The normalized spacial score (nSPS) is 14.7. The zero-order chi connectivity index (χ0) is 16.9. The number of benzene rings is 1. The Labute approximate surface area is 140 Å². The molecular formula is C18H21N3O3. The van der Waals surface area contributed by atoms with Crippen molar-refractivity contribution in [1.29, 1.82) is 0 Å². The summed E-state index contributed by atoms with van der Waals surface area (Å²) in [6, 6.07) is 10.9. The quantitative estimate of drug-likeness (QED) is 0.729. The third-order valence-corrected chi connectivity index (χ3v) is 3.87. The molecule has 2 amide bonds. The highest BCUT2D eigenvalue weighted by atomic mass is 16.3. The Morgan fingerprint density at radius 2 is 2.00 bits per heavy atom. The zero-order valence-electron chi connectivity index (χ0n) is 13.5. The van der Waals surface area contributed by atoms with E-state index in [-0.39, 0.29) is 24.4 Å². The van der Waals surface area contributed by atoms with Gasteiger partial charge in [0.25, 0.3) is 5.91 Å². The van der Waals surface area contributed by atoms with Crippen LogP contribution in [-0.2, 0) is 4.79 Å². The van der Waals surface area contributed by atoms with Crippen molar-refractivity contribution in [3.63, 3.8) is 0 Å². The summed E-state index contributed by atoms with van der Waals surface area (Å²) in [4.78, 5) is 24.3. The van der Waals surface area contributed by atoms with Crippen LogP contribution in [0.25, 0.3) is 0 Å². The van der Waals surface area contributed by atoms with Crippen LogP contribution in [0.5, 0.6) is 0 Å². The number of furan rings is 1. The fourth-order valence-corrected chi connectivity index (χ4v) is 2.40. The summed E-state index contributed by atoms with van der Waals surface area (Å²) in [7, 11) is 0. The van der Waals surface area contributed by atoms with Crippen molar-refractivity contribution in [2.45, 2.75) is 31.8 Å². The van der Waals surface area contributed by atoms with E-state index in [4.69, 9.17) is 4.42 Å². The Balaban J connectivity index is 1.55. The predicted molar refractivity (Wildman–Crippen MR) is 90.7 cm³/mol. The van der Waals surface area contributed by atoms with Crippen LogP contribution in [0.4, 0.5) is 5.69 Å². The van der Waals surface area contributed by atoms with Gasteiger partial charge in [-0.15, -0.1) is 0 Å². The highest BCUT2D eigenvalue weighted by molar-refractivity contribution is 6.00. The maximum Gasteiger partial charge on any atom is 0.253 e. The summed E-state index contributed by atoms with van der Waals surface area (Å²) < 4.78 is 5.26. The van der Waals surface area contributed by atoms with Crippen LogP contribution in [0.2, 0.25) is 0 Å². The van der Waals surface area contributed by atoms with Crippen LogP contribution in [0.15, 0.2) is 47.1 Å². The molecule has 0 bridgehead atoms. The van der Waals surface area contributed by atoms with Crippen molar-refractivity contribution >= 4 is 17.5 Å². The molecular weight excluding hydrogens is 306 g/mol. The van der Waals surface area contributed by atoms with Crippen molar-refractivity contribution in [3.8, 4) is 0 Å². The first kappa shape index (κ1) is 16.1. The molecule has 3 rings (SSSR count). The van der Waals surface area contributed by atoms with Gasteiger partial charge in [-0.2, -0.15) is 0 Å². The van der Waals surface area contributed by atoms with Gasteiger partial charge in [-0.25, -0.2) is 0 Å². The van der Waals surface area contributed by atoms with Gasteiger partial charge < -0.3 is 20.4 Å². The topological polar surface area (TPSA) is 83.4 Å². The second kappa shape index (κ2) is 7.21.